The summed E-state index contributed by atoms with van der Waals surface area (Å²) in [5.41, 5.74) is 7.15. The summed E-state index contributed by atoms with van der Waals surface area (Å²) in [6, 6.07) is 10.6. The zero-order valence-corrected chi connectivity index (χ0v) is 9.36. The maximum Gasteiger partial charge on any atom is 0.134 e. The molecule has 0 aliphatic heterocycles. The number of nitrogens with two attached hydrogens (primary N) is 1. The largest absolute Gasteiger partial charge is 0.461 e. The summed E-state index contributed by atoms with van der Waals surface area (Å²) in [5.74, 6) is 1.49. The molecule has 2 heteroatoms. The quantitative estimate of drug-likeness (QED) is 0.791. The minimum absolute atomic E-state index is 0.273. The van der Waals surface area contributed by atoms with Gasteiger partial charge >= 0.3 is 0 Å². The average Bonchev–Trinajstić information content (AvgIpc) is 2.73. The molecule has 0 spiro atoms. The lowest BCUT2D eigenvalue weighted by atomic mass is 9.83. The molecule has 0 amide bonds. The molecule has 2 aromatic rings. The van der Waals surface area contributed by atoms with Crippen LogP contribution < -0.4 is 5.73 Å². The number of rotatable bonds is 1. The lowest BCUT2D eigenvalue weighted by Gasteiger charge is -2.26. The Morgan fingerprint density at radius 2 is 1.94 bits per heavy atom. The molecule has 2 unspecified atom stereocenters. The van der Waals surface area contributed by atoms with Crippen molar-refractivity contribution in [2.75, 3.05) is 0 Å². The zero-order valence-electron chi connectivity index (χ0n) is 9.36. The zero-order chi connectivity index (χ0) is 11.0. The normalized spacial score (nSPS) is 26.1. The fourth-order valence-electron chi connectivity index (χ4n) is 2.70. The van der Waals surface area contributed by atoms with Crippen molar-refractivity contribution in [1.82, 2.24) is 0 Å². The predicted molar refractivity (Wildman–Crippen MR) is 65.4 cm³/mol. The summed E-state index contributed by atoms with van der Waals surface area (Å²) in [5, 5.41) is 1.19. The van der Waals surface area contributed by atoms with Gasteiger partial charge in [0.2, 0.25) is 0 Å². The summed E-state index contributed by atoms with van der Waals surface area (Å²) in [6.07, 6.45) is 4.83. The van der Waals surface area contributed by atoms with Crippen LogP contribution in [0, 0.1) is 0 Å². The van der Waals surface area contributed by atoms with E-state index >= 15 is 0 Å². The molecular weight excluding hydrogens is 198 g/mol. The van der Waals surface area contributed by atoms with Crippen LogP contribution in [0.4, 0.5) is 0 Å². The van der Waals surface area contributed by atoms with Crippen LogP contribution in [0.15, 0.2) is 34.7 Å². The number of para-hydroxylation sites is 1. The molecule has 0 bridgehead atoms. The van der Waals surface area contributed by atoms with Crippen molar-refractivity contribution in [2.45, 2.75) is 37.6 Å². The third-order valence-corrected chi connectivity index (χ3v) is 3.63. The van der Waals surface area contributed by atoms with E-state index in [1.54, 1.807) is 0 Å². The van der Waals surface area contributed by atoms with E-state index in [-0.39, 0.29) is 6.04 Å². The molecule has 2 atom stereocenters. The number of furan rings is 1. The van der Waals surface area contributed by atoms with Gasteiger partial charge in [0.1, 0.15) is 11.3 Å². The van der Waals surface area contributed by atoms with Crippen molar-refractivity contribution < 1.29 is 4.42 Å². The first-order chi connectivity index (χ1) is 7.84. The first-order valence-electron chi connectivity index (χ1n) is 6.08. The van der Waals surface area contributed by atoms with Gasteiger partial charge in [0.15, 0.2) is 0 Å². The minimum Gasteiger partial charge on any atom is -0.461 e. The van der Waals surface area contributed by atoms with Gasteiger partial charge in [-0.1, -0.05) is 31.0 Å². The topological polar surface area (TPSA) is 39.2 Å². The van der Waals surface area contributed by atoms with Gasteiger partial charge in [-0.05, 0) is 25.0 Å². The Morgan fingerprint density at radius 1 is 1.12 bits per heavy atom. The number of fused-ring (bicyclic) bond motifs is 1. The van der Waals surface area contributed by atoms with Gasteiger partial charge in [0.05, 0.1) is 0 Å². The average molecular weight is 215 g/mol. The molecular formula is C14H17NO. The van der Waals surface area contributed by atoms with Crippen LogP contribution in [0.1, 0.15) is 37.4 Å². The summed E-state index contributed by atoms with van der Waals surface area (Å²) in [6.45, 7) is 0. The van der Waals surface area contributed by atoms with Gasteiger partial charge in [0, 0.05) is 17.3 Å². The fourth-order valence-corrected chi connectivity index (χ4v) is 2.70. The van der Waals surface area contributed by atoms with Crippen molar-refractivity contribution in [3.63, 3.8) is 0 Å². The highest BCUT2D eigenvalue weighted by Crippen LogP contribution is 2.34. The van der Waals surface area contributed by atoms with E-state index in [0.717, 1.165) is 17.8 Å². The monoisotopic (exact) mass is 215 g/mol. The van der Waals surface area contributed by atoms with Crippen molar-refractivity contribution in [1.29, 1.82) is 0 Å². The van der Waals surface area contributed by atoms with Crippen LogP contribution in [-0.4, -0.2) is 6.04 Å². The molecule has 1 fully saturated rings. The van der Waals surface area contributed by atoms with Crippen LogP contribution in [0.5, 0.6) is 0 Å². The first-order valence-corrected chi connectivity index (χ1v) is 6.08. The van der Waals surface area contributed by atoms with E-state index in [4.69, 9.17) is 10.2 Å². The molecule has 1 saturated carbocycles. The van der Waals surface area contributed by atoms with Crippen LogP contribution in [-0.2, 0) is 0 Å². The highest BCUT2D eigenvalue weighted by molar-refractivity contribution is 5.77. The Hall–Kier alpha value is -1.28. The SMILES string of the molecule is NC1CCCCC1c1cc2ccccc2o1. The van der Waals surface area contributed by atoms with Gasteiger partial charge in [-0.2, -0.15) is 0 Å². The van der Waals surface area contributed by atoms with Gasteiger partial charge in [0.25, 0.3) is 0 Å². The molecule has 0 radical (unpaired) electrons. The van der Waals surface area contributed by atoms with Gasteiger partial charge in [-0.3, -0.25) is 0 Å². The Balaban J connectivity index is 1.98. The number of hydrogen-bond donors (Lipinski definition) is 1. The summed E-state index contributed by atoms with van der Waals surface area (Å²) >= 11 is 0. The molecule has 3 rings (SSSR count). The predicted octanol–water partition coefficient (Wildman–Crippen LogP) is 3.42. The Bertz CT molecular complexity index is 455. The molecule has 1 heterocycles. The molecule has 2 N–H and O–H groups in total. The highest BCUT2D eigenvalue weighted by atomic mass is 16.3. The van der Waals surface area contributed by atoms with E-state index in [2.05, 4.69) is 12.1 Å². The highest BCUT2D eigenvalue weighted by Gasteiger charge is 2.26. The molecule has 1 aromatic heterocycles. The molecule has 84 valence electrons. The lowest BCUT2D eigenvalue weighted by Crippen LogP contribution is -2.31. The standard InChI is InChI=1S/C14H17NO/c15-12-7-3-2-6-11(12)14-9-10-5-1-4-8-13(10)16-14/h1,4-5,8-9,11-12H,2-3,6-7,15H2. The van der Waals surface area contributed by atoms with Crippen molar-refractivity contribution in [3.8, 4) is 0 Å². The Morgan fingerprint density at radius 3 is 2.75 bits per heavy atom. The smallest absolute Gasteiger partial charge is 0.134 e. The summed E-state index contributed by atoms with van der Waals surface area (Å²) in [4.78, 5) is 0. The van der Waals surface area contributed by atoms with E-state index in [0.29, 0.717) is 5.92 Å². The third-order valence-electron chi connectivity index (χ3n) is 3.63. The van der Waals surface area contributed by atoms with Crippen molar-refractivity contribution in [2.24, 2.45) is 5.73 Å². The fraction of sp³-hybridized carbons (Fsp3) is 0.429. The van der Waals surface area contributed by atoms with E-state index < -0.39 is 0 Å². The Labute approximate surface area is 95.4 Å². The van der Waals surface area contributed by atoms with Crippen molar-refractivity contribution in [3.05, 3.63) is 36.1 Å². The second-order valence-corrected chi connectivity index (χ2v) is 4.74. The second-order valence-electron chi connectivity index (χ2n) is 4.74. The summed E-state index contributed by atoms with van der Waals surface area (Å²) < 4.78 is 5.90. The van der Waals surface area contributed by atoms with E-state index in [1.807, 2.05) is 18.2 Å². The van der Waals surface area contributed by atoms with Gasteiger partial charge < -0.3 is 10.2 Å². The molecule has 1 aromatic carbocycles. The van der Waals surface area contributed by atoms with Gasteiger partial charge in [-0.25, -0.2) is 0 Å². The molecule has 0 saturated heterocycles. The Kier molecular flexibility index (Phi) is 2.44. The minimum atomic E-state index is 0.273. The molecule has 2 nitrogen and oxygen atoms in total. The number of hydrogen-bond acceptors (Lipinski definition) is 2. The van der Waals surface area contributed by atoms with E-state index in [1.165, 1.54) is 24.6 Å². The third kappa shape index (κ3) is 1.63. The summed E-state index contributed by atoms with van der Waals surface area (Å²) in [7, 11) is 0. The maximum absolute atomic E-state index is 6.17. The first kappa shape index (κ1) is 9.91. The van der Waals surface area contributed by atoms with Crippen molar-refractivity contribution >= 4 is 11.0 Å². The molecule has 1 aliphatic carbocycles. The molecule has 1 aliphatic rings. The number of benzene rings is 1. The van der Waals surface area contributed by atoms with E-state index in [9.17, 15) is 0 Å². The maximum atomic E-state index is 6.17. The van der Waals surface area contributed by atoms with Crippen LogP contribution in [0.25, 0.3) is 11.0 Å². The van der Waals surface area contributed by atoms with Crippen LogP contribution in [0.3, 0.4) is 0 Å². The lowest BCUT2D eigenvalue weighted by molar-refractivity contribution is 0.342. The molecule has 16 heavy (non-hydrogen) atoms. The van der Waals surface area contributed by atoms with Crippen LogP contribution in [0.2, 0.25) is 0 Å². The second kappa shape index (κ2) is 3.95. The van der Waals surface area contributed by atoms with Crippen LogP contribution >= 0.6 is 0 Å². The van der Waals surface area contributed by atoms with Gasteiger partial charge in [-0.15, -0.1) is 0 Å².